The number of piperidine rings is 1. The van der Waals surface area contributed by atoms with Crippen LogP contribution in [0.15, 0.2) is 53.6 Å². The van der Waals surface area contributed by atoms with Crippen molar-refractivity contribution in [3.63, 3.8) is 0 Å². The summed E-state index contributed by atoms with van der Waals surface area (Å²) in [6.07, 6.45) is 3.93. The fourth-order valence-electron chi connectivity index (χ4n) is 4.67. The van der Waals surface area contributed by atoms with Gasteiger partial charge in [-0.15, -0.1) is 0 Å². The van der Waals surface area contributed by atoms with Crippen molar-refractivity contribution in [3.05, 3.63) is 65.9 Å². The smallest absolute Gasteiger partial charge is 0.254 e. The maximum absolute atomic E-state index is 14.6. The minimum atomic E-state index is -1.19. The number of benzene rings is 2. The maximum atomic E-state index is 14.6. The first kappa shape index (κ1) is 25.4. The molecule has 0 aliphatic carbocycles. The summed E-state index contributed by atoms with van der Waals surface area (Å²) in [4.78, 5) is 25.9. The Morgan fingerprint density at radius 2 is 1.78 bits per heavy atom. The third-order valence-corrected chi connectivity index (χ3v) is 7.62. The third-order valence-electron chi connectivity index (χ3n) is 6.80. The van der Waals surface area contributed by atoms with Crippen LogP contribution in [-0.4, -0.2) is 49.6 Å². The molecule has 0 saturated carbocycles. The molecule has 1 unspecified atom stereocenters. The molecule has 11 heteroatoms. The lowest BCUT2D eigenvalue weighted by Gasteiger charge is -2.38. The summed E-state index contributed by atoms with van der Waals surface area (Å²) >= 11 is 1.61. The van der Waals surface area contributed by atoms with Gasteiger partial charge in [-0.2, -0.15) is 4.98 Å². The molecule has 194 valence electrons. The van der Waals surface area contributed by atoms with Crippen LogP contribution in [0.25, 0.3) is 0 Å². The largest absolute Gasteiger partial charge is 0.342 e. The topological polar surface area (TPSA) is 85.4 Å². The van der Waals surface area contributed by atoms with Crippen LogP contribution >= 0.6 is 11.9 Å². The minimum Gasteiger partial charge on any atom is -0.342 e. The van der Waals surface area contributed by atoms with E-state index in [1.54, 1.807) is 26.0 Å². The second-order valence-corrected chi connectivity index (χ2v) is 10.2. The van der Waals surface area contributed by atoms with Crippen molar-refractivity contribution in [1.82, 2.24) is 20.0 Å². The fourth-order valence-corrected chi connectivity index (χ4v) is 5.42. The number of halogens is 2. The second-order valence-electron chi connectivity index (χ2n) is 9.24. The summed E-state index contributed by atoms with van der Waals surface area (Å²) in [6.45, 7) is 3.16. The van der Waals surface area contributed by atoms with Crippen molar-refractivity contribution in [1.29, 1.82) is 0 Å². The van der Waals surface area contributed by atoms with Crippen LogP contribution in [0.3, 0.4) is 0 Å². The molecule has 3 N–H and O–H groups in total. The first-order chi connectivity index (χ1) is 17.9. The monoisotopic (exact) mass is 525 g/mol. The molecule has 37 heavy (non-hydrogen) atoms. The molecule has 0 bridgehead atoms. The zero-order chi connectivity index (χ0) is 25.9. The Bertz CT molecular complexity index is 1250. The molecule has 2 aliphatic rings. The van der Waals surface area contributed by atoms with Crippen LogP contribution in [0.4, 0.5) is 31.9 Å². The summed E-state index contributed by atoms with van der Waals surface area (Å²) in [6, 6.07) is 10.3. The van der Waals surface area contributed by atoms with Gasteiger partial charge in [-0.05, 0) is 80.2 Å². The van der Waals surface area contributed by atoms with E-state index >= 15 is 0 Å². The highest BCUT2D eigenvalue weighted by Crippen LogP contribution is 2.40. The molecule has 0 spiro atoms. The van der Waals surface area contributed by atoms with Crippen LogP contribution in [0.5, 0.6) is 0 Å². The minimum absolute atomic E-state index is 0.303. The molecule has 2 aromatic carbocycles. The number of fused-ring (bicyclic) bond motifs is 1. The summed E-state index contributed by atoms with van der Waals surface area (Å²) in [5, 5.41) is 6.56. The summed E-state index contributed by atoms with van der Waals surface area (Å²) in [5.74, 6) is -0.620. The lowest BCUT2D eigenvalue weighted by molar-refractivity contribution is -0.120. The van der Waals surface area contributed by atoms with Crippen molar-refractivity contribution >= 4 is 41.0 Å². The highest BCUT2D eigenvalue weighted by molar-refractivity contribution is 7.97. The van der Waals surface area contributed by atoms with E-state index < -0.39 is 23.6 Å². The normalized spacial score (nSPS) is 18.2. The molecule has 1 atom stereocenters. The Kier molecular flexibility index (Phi) is 7.54. The Labute approximate surface area is 219 Å². The Balaban J connectivity index is 1.29. The number of anilines is 4. The van der Waals surface area contributed by atoms with Gasteiger partial charge in [-0.1, -0.05) is 6.07 Å². The van der Waals surface area contributed by atoms with E-state index in [9.17, 15) is 13.6 Å². The summed E-state index contributed by atoms with van der Waals surface area (Å²) < 4.78 is 32.6. The Morgan fingerprint density at radius 3 is 2.49 bits per heavy atom. The standard InChI is InChI=1S/C26H29F2N7OS/c1-34-21-15-30-26(32-17-6-8-18(9-7-17)37-31-14-16-10-12-29-13-11-16)33-24(21)35(2)23(25(34)36)22-19(27)4-3-5-20(22)28/h3-9,15-16,23,29,31H,10-14H2,1-2H3,(H,30,32,33). The van der Waals surface area contributed by atoms with Gasteiger partial charge >= 0.3 is 0 Å². The fraction of sp³-hybridized carbons (Fsp3) is 0.346. The van der Waals surface area contributed by atoms with E-state index in [0.29, 0.717) is 23.4 Å². The number of aromatic nitrogens is 2. The number of nitrogens with zero attached hydrogens (tertiary/aromatic N) is 4. The predicted octanol–water partition coefficient (Wildman–Crippen LogP) is 4.25. The van der Waals surface area contributed by atoms with Crippen LogP contribution in [0.2, 0.25) is 0 Å². The van der Waals surface area contributed by atoms with E-state index in [4.69, 9.17) is 0 Å². The zero-order valence-electron chi connectivity index (χ0n) is 20.7. The first-order valence-corrected chi connectivity index (χ1v) is 13.0. The number of rotatable bonds is 7. The Hall–Kier alpha value is -3.28. The number of carbonyl (C=O) groups excluding carboxylic acids is 1. The lowest BCUT2D eigenvalue weighted by atomic mass is 9.99. The molecule has 5 rings (SSSR count). The Morgan fingerprint density at radius 1 is 1.08 bits per heavy atom. The molecule has 1 fully saturated rings. The van der Waals surface area contributed by atoms with Gasteiger partial charge in [0.15, 0.2) is 5.82 Å². The number of likely N-dealkylation sites (N-methyl/N-ethyl adjacent to an activating group) is 2. The van der Waals surface area contributed by atoms with Gasteiger partial charge in [0.25, 0.3) is 5.91 Å². The van der Waals surface area contributed by atoms with E-state index in [1.165, 1.54) is 34.9 Å². The number of hydrogen-bond acceptors (Lipinski definition) is 8. The molecule has 8 nitrogen and oxygen atoms in total. The SMILES string of the molecule is CN1C(=O)C(c2c(F)cccc2F)N(C)c2nc(Nc3ccc(SNCC4CCNCC4)cc3)ncc21. The van der Waals surface area contributed by atoms with Crippen molar-refractivity contribution in [2.45, 2.75) is 23.8 Å². The molecule has 2 aliphatic heterocycles. The lowest BCUT2D eigenvalue weighted by Crippen LogP contribution is -2.46. The van der Waals surface area contributed by atoms with E-state index in [1.807, 2.05) is 24.3 Å². The maximum Gasteiger partial charge on any atom is 0.254 e. The summed E-state index contributed by atoms with van der Waals surface area (Å²) in [7, 11) is 3.14. The zero-order valence-corrected chi connectivity index (χ0v) is 21.5. The van der Waals surface area contributed by atoms with Gasteiger partial charge in [-0.25, -0.2) is 13.8 Å². The number of hydrogen-bond donors (Lipinski definition) is 3. The number of amides is 1. The molecule has 1 saturated heterocycles. The van der Waals surface area contributed by atoms with Crippen LogP contribution in [-0.2, 0) is 4.79 Å². The molecule has 1 amide bonds. The van der Waals surface area contributed by atoms with Gasteiger partial charge in [0, 0.05) is 31.2 Å². The highest BCUT2D eigenvalue weighted by atomic mass is 32.2. The molecule has 0 radical (unpaired) electrons. The van der Waals surface area contributed by atoms with E-state index in [2.05, 4.69) is 25.3 Å². The molecular weight excluding hydrogens is 496 g/mol. The van der Waals surface area contributed by atoms with Crippen molar-refractivity contribution in [2.75, 3.05) is 48.8 Å². The van der Waals surface area contributed by atoms with Gasteiger partial charge < -0.3 is 20.4 Å². The highest BCUT2D eigenvalue weighted by Gasteiger charge is 2.40. The quantitative estimate of drug-likeness (QED) is 0.395. The van der Waals surface area contributed by atoms with Crippen molar-refractivity contribution in [3.8, 4) is 0 Å². The number of nitrogens with one attached hydrogen (secondary N) is 3. The van der Waals surface area contributed by atoms with E-state index in [-0.39, 0.29) is 5.56 Å². The third kappa shape index (κ3) is 5.39. The van der Waals surface area contributed by atoms with Gasteiger partial charge in [-0.3, -0.25) is 9.52 Å². The molecule has 3 aromatic rings. The van der Waals surface area contributed by atoms with Crippen LogP contribution in [0.1, 0.15) is 24.4 Å². The predicted molar refractivity (Wildman–Crippen MR) is 142 cm³/mol. The van der Waals surface area contributed by atoms with Crippen LogP contribution in [0, 0.1) is 17.6 Å². The molecule has 3 heterocycles. The molecule has 1 aromatic heterocycles. The number of carbonyl (C=O) groups is 1. The van der Waals surface area contributed by atoms with Gasteiger partial charge in [0.1, 0.15) is 23.4 Å². The van der Waals surface area contributed by atoms with Crippen molar-refractivity contribution in [2.24, 2.45) is 5.92 Å². The van der Waals surface area contributed by atoms with E-state index in [0.717, 1.165) is 42.3 Å². The second kappa shape index (κ2) is 11.0. The van der Waals surface area contributed by atoms with Crippen molar-refractivity contribution < 1.29 is 13.6 Å². The van der Waals surface area contributed by atoms with Gasteiger partial charge in [0.05, 0.1) is 11.8 Å². The first-order valence-electron chi connectivity index (χ1n) is 12.2. The molecular formula is C26H29F2N7OS. The van der Waals surface area contributed by atoms with Crippen LogP contribution < -0.4 is 25.2 Å². The van der Waals surface area contributed by atoms with Gasteiger partial charge in [0.2, 0.25) is 5.95 Å². The average Bonchev–Trinajstić information content (AvgIpc) is 2.91. The average molecular weight is 526 g/mol. The summed E-state index contributed by atoms with van der Waals surface area (Å²) in [5.41, 5.74) is 0.947.